The third kappa shape index (κ3) is 2.19. The van der Waals surface area contributed by atoms with E-state index in [0.717, 1.165) is 10.7 Å². The van der Waals surface area contributed by atoms with E-state index in [1.54, 1.807) is 25.2 Å². The fourth-order valence-electron chi connectivity index (χ4n) is 1.32. The van der Waals surface area contributed by atoms with Crippen molar-refractivity contribution in [1.29, 1.82) is 0 Å². The van der Waals surface area contributed by atoms with Gasteiger partial charge < -0.3 is 10.2 Å². The number of nitrogens with zero attached hydrogens (tertiary/aromatic N) is 2. The fraction of sp³-hybridized carbons (Fsp3) is 0.500. The number of hydrogen-bond donors (Lipinski definition) is 2. The van der Waals surface area contributed by atoms with Gasteiger partial charge in [0, 0.05) is 24.2 Å². The maximum atomic E-state index is 9.71. The van der Waals surface area contributed by atoms with Gasteiger partial charge in [-0.15, -0.1) is 11.3 Å². The van der Waals surface area contributed by atoms with Gasteiger partial charge in [-0.25, -0.2) is 4.98 Å². The molecule has 0 saturated carbocycles. The zero-order valence-electron chi connectivity index (χ0n) is 8.71. The van der Waals surface area contributed by atoms with Crippen LogP contribution in [0.25, 0.3) is 4.96 Å². The van der Waals surface area contributed by atoms with Crippen LogP contribution in [0.4, 0.5) is 0 Å². The lowest BCUT2D eigenvalue weighted by Gasteiger charge is -2.23. The van der Waals surface area contributed by atoms with Gasteiger partial charge in [-0.1, -0.05) is 0 Å². The molecule has 2 aromatic heterocycles. The highest BCUT2D eigenvalue weighted by molar-refractivity contribution is 7.15. The molecule has 5 heteroatoms. The molecule has 2 aromatic rings. The standard InChI is InChI=1S/C10H14N2O2S/c1-10(2,14)8(13)5-7-6-12-3-4-15-9(12)11-7/h3-4,6,8,13-14H,5H2,1-2H3. The van der Waals surface area contributed by atoms with Crippen molar-refractivity contribution < 1.29 is 10.2 Å². The first-order chi connectivity index (χ1) is 6.97. The number of fused-ring (bicyclic) bond motifs is 1. The molecule has 2 rings (SSSR count). The second-order valence-electron chi connectivity index (χ2n) is 4.20. The Kier molecular flexibility index (Phi) is 2.54. The lowest BCUT2D eigenvalue weighted by atomic mass is 9.98. The van der Waals surface area contributed by atoms with Crippen LogP contribution < -0.4 is 0 Å². The summed E-state index contributed by atoms with van der Waals surface area (Å²) in [6, 6.07) is 0. The number of thiazole rings is 1. The van der Waals surface area contributed by atoms with Crippen molar-refractivity contribution in [1.82, 2.24) is 9.38 Å². The Morgan fingerprint density at radius 3 is 2.93 bits per heavy atom. The first-order valence-corrected chi connectivity index (χ1v) is 5.66. The number of rotatable bonds is 3. The van der Waals surface area contributed by atoms with E-state index >= 15 is 0 Å². The molecule has 0 spiro atoms. The maximum Gasteiger partial charge on any atom is 0.193 e. The SMILES string of the molecule is CC(C)(O)C(O)Cc1cn2ccsc2n1. The average Bonchev–Trinajstić information content (AvgIpc) is 2.61. The third-order valence-corrected chi connectivity index (χ3v) is 3.13. The first kappa shape index (κ1) is 10.6. The smallest absolute Gasteiger partial charge is 0.193 e. The number of aromatic nitrogens is 2. The minimum absolute atomic E-state index is 0.373. The van der Waals surface area contributed by atoms with Crippen LogP contribution in [0.1, 0.15) is 19.5 Å². The van der Waals surface area contributed by atoms with E-state index in [4.69, 9.17) is 0 Å². The molecule has 15 heavy (non-hydrogen) atoms. The highest BCUT2D eigenvalue weighted by Crippen LogP contribution is 2.16. The monoisotopic (exact) mass is 226 g/mol. The third-order valence-electron chi connectivity index (χ3n) is 2.36. The van der Waals surface area contributed by atoms with Gasteiger partial charge in [0.2, 0.25) is 0 Å². The Morgan fingerprint density at radius 1 is 1.60 bits per heavy atom. The van der Waals surface area contributed by atoms with Gasteiger partial charge in [-0.2, -0.15) is 0 Å². The Labute approximate surface area is 91.8 Å². The molecule has 1 unspecified atom stereocenters. The summed E-state index contributed by atoms with van der Waals surface area (Å²) in [4.78, 5) is 5.25. The van der Waals surface area contributed by atoms with E-state index in [1.807, 2.05) is 22.2 Å². The molecule has 2 heterocycles. The predicted molar refractivity (Wildman–Crippen MR) is 59.1 cm³/mol. The zero-order valence-corrected chi connectivity index (χ0v) is 9.53. The van der Waals surface area contributed by atoms with Crippen molar-refractivity contribution in [3.05, 3.63) is 23.5 Å². The molecule has 0 aliphatic carbocycles. The number of aliphatic hydroxyl groups is 2. The van der Waals surface area contributed by atoms with Crippen LogP contribution in [0.15, 0.2) is 17.8 Å². The van der Waals surface area contributed by atoms with Gasteiger partial charge in [-0.3, -0.25) is 4.40 Å². The molecule has 0 aromatic carbocycles. The second-order valence-corrected chi connectivity index (χ2v) is 5.07. The maximum absolute atomic E-state index is 9.71. The summed E-state index contributed by atoms with van der Waals surface area (Å²) < 4.78 is 1.91. The van der Waals surface area contributed by atoms with Crippen LogP contribution in [0, 0.1) is 0 Å². The summed E-state index contributed by atoms with van der Waals surface area (Å²) >= 11 is 1.55. The molecule has 0 fully saturated rings. The molecular weight excluding hydrogens is 212 g/mol. The van der Waals surface area contributed by atoms with E-state index in [1.165, 1.54) is 0 Å². The molecule has 0 radical (unpaired) electrons. The molecule has 1 atom stereocenters. The molecular formula is C10H14N2O2S. The number of hydrogen-bond acceptors (Lipinski definition) is 4. The van der Waals surface area contributed by atoms with Gasteiger partial charge >= 0.3 is 0 Å². The molecule has 0 amide bonds. The van der Waals surface area contributed by atoms with Crippen molar-refractivity contribution in [2.24, 2.45) is 0 Å². The van der Waals surface area contributed by atoms with Crippen LogP contribution >= 0.6 is 11.3 Å². The van der Waals surface area contributed by atoms with Crippen LogP contribution in [0.2, 0.25) is 0 Å². The fourth-order valence-corrected chi connectivity index (χ4v) is 2.04. The van der Waals surface area contributed by atoms with E-state index < -0.39 is 11.7 Å². The predicted octanol–water partition coefficient (Wildman–Crippen LogP) is 1.07. The van der Waals surface area contributed by atoms with Crippen molar-refractivity contribution in [3.8, 4) is 0 Å². The lowest BCUT2D eigenvalue weighted by molar-refractivity contribution is -0.0473. The van der Waals surface area contributed by atoms with E-state index in [0.29, 0.717) is 6.42 Å². The van der Waals surface area contributed by atoms with Crippen molar-refractivity contribution in [2.45, 2.75) is 32.0 Å². The Bertz CT molecular complexity index is 427. The van der Waals surface area contributed by atoms with Crippen LogP contribution in [-0.2, 0) is 6.42 Å². The Balaban J connectivity index is 2.16. The lowest BCUT2D eigenvalue weighted by Crippen LogP contribution is -2.37. The number of aliphatic hydroxyl groups excluding tert-OH is 1. The summed E-state index contributed by atoms with van der Waals surface area (Å²) in [6.07, 6.45) is 3.38. The molecule has 0 bridgehead atoms. The van der Waals surface area contributed by atoms with Gasteiger partial charge in [0.05, 0.1) is 17.4 Å². The van der Waals surface area contributed by atoms with Gasteiger partial charge in [0.1, 0.15) is 0 Å². The summed E-state index contributed by atoms with van der Waals surface area (Å²) in [7, 11) is 0. The highest BCUT2D eigenvalue weighted by atomic mass is 32.1. The minimum atomic E-state index is -1.09. The van der Waals surface area contributed by atoms with E-state index in [9.17, 15) is 10.2 Å². The summed E-state index contributed by atoms with van der Waals surface area (Å²) in [6.45, 7) is 3.19. The largest absolute Gasteiger partial charge is 0.390 e. The highest BCUT2D eigenvalue weighted by Gasteiger charge is 2.25. The average molecular weight is 226 g/mol. The van der Waals surface area contributed by atoms with E-state index in [2.05, 4.69) is 4.98 Å². The number of imidazole rings is 1. The van der Waals surface area contributed by atoms with Crippen LogP contribution in [0.3, 0.4) is 0 Å². The van der Waals surface area contributed by atoms with Crippen LogP contribution in [0.5, 0.6) is 0 Å². The van der Waals surface area contributed by atoms with Gasteiger partial charge in [-0.05, 0) is 13.8 Å². The van der Waals surface area contributed by atoms with Crippen molar-refractivity contribution in [3.63, 3.8) is 0 Å². The zero-order chi connectivity index (χ0) is 11.1. The molecule has 4 nitrogen and oxygen atoms in total. The summed E-state index contributed by atoms with van der Waals surface area (Å²) in [5, 5.41) is 21.3. The quantitative estimate of drug-likeness (QED) is 0.823. The molecule has 82 valence electrons. The van der Waals surface area contributed by atoms with Crippen LogP contribution in [-0.4, -0.2) is 31.3 Å². The molecule has 2 N–H and O–H groups in total. The Morgan fingerprint density at radius 2 is 2.33 bits per heavy atom. The summed E-state index contributed by atoms with van der Waals surface area (Å²) in [5.74, 6) is 0. The van der Waals surface area contributed by atoms with Crippen molar-refractivity contribution in [2.75, 3.05) is 0 Å². The first-order valence-electron chi connectivity index (χ1n) is 4.78. The van der Waals surface area contributed by atoms with Crippen molar-refractivity contribution >= 4 is 16.3 Å². The molecule has 0 saturated heterocycles. The normalized spacial score (nSPS) is 14.7. The minimum Gasteiger partial charge on any atom is -0.390 e. The van der Waals surface area contributed by atoms with Gasteiger partial charge in [0.25, 0.3) is 0 Å². The Hall–Kier alpha value is -0.910. The van der Waals surface area contributed by atoms with Gasteiger partial charge in [0.15, 0.2) is 4.96 Å². The van der Waals surface area contributed by atoms with E-state index in [-0.39, 0.29) is 0 Å². The molecule has 0 aliphatic heterocycles. The molecule has 0 aliphatic rings. The second kappa shape index (κ2) is 3.59. The summed E-state index contributed by atoms with van der Waals surface area (Å²) in [5.41, 5.74) is -0.284. The topological polar surface area (TPSA) is 57.8 Å².